The molecule has 15 heavy (non-hydrogen) atoms. The maximum atomic E-state index is 11.2. The maximum Gasteiger partial charge on any atom is 0.306 e. The number of carbonyl (C=O) groups excluding carboxylic acids is 1. The molecule has 0 unspecified atom stereocenters. The Bertz CT molecular complexity index is 169. The summed E-state index contributed by atoms with van der Waals surface area (Å²) in [5, 5.41) is 0. The second-order valence-electron chi connectivity index (χ2n) is 4.27. The fraction of sp³-hybridized carbons (Fsp3) is 0.900. The van der Waals surface area contributed by atoms with Crippen LogP contribution in [0.1, 0.15) is 46.5 Å². The van der Waals surface area contributed by atoms with E-state index in [1.54, 1.807) is 0 Å². The maximum absolute atomic E-state index is 11.2. The predicted octanol–water partition coefficient (Wildman–Crippen LogP) is 2.20. The first kappa shape index (κ1) is 17.1. The van der Waals surface area contributed by atoms with Crippen LogP contribution in [0.15, 0.2) is 0 Å². The van der Waals surface area contributed by atoms with E-state index in [9.17, 15) is 4.79 Å². The van der Waals surface area contributed by atoms with Gasteiger partial charge in [-0.3, -0.25) is 4.79 Å². The van der Waals surface area contributed by atoms with Crippen molar-refractivity contribution in [3.63, 3.8) is 0 Å². The molecule has 0 heterocycles. The van der Waals surface area contributed by atoms with Crippen LogP contribution in [0.2, 0.25) is 0 Å². The zero-order chi connectivity index (χ0) is 11.0. The van der Waals surface area contributed by atoms with Crippen LogP contribution in [0.4, 0.5) is 0 Å². The summed E-state index contributed by atoms with van der Waals surface area (Å²) >= 11 is 0. The van der Waals surface area contributed by atoms with Gasteiger partial charge in [-0.15, -0.1) is 12.4 Å². The van der Waals surface area contributed by atoms with Gasteiger partial charge in [0.1, 0.15) is 5.60 Å². The molecular weight excluding hydrogens is 218 g/mol. The molecule has 0 fully saturated rings. The summed E-state index contributed by atoms with van der Waals surface area (Å²) in [7, 11) is 0. The van der Waals surface area contributed by atoms with Crippen LogP contribution in [-0.2, 0) is 14.4 Å². The summed E-state index contributed by atoms with van der Waals surface area (Å²) in [6, 6.07) is 0. The first-order valence-electron chi connectivity index (χ1n) is 4.99. The van der Waals surface area contributed by atoms with Crippen molar-refractivity contribution in [1.82, 2.24) is 0 Å². The lowest BCUT2D eigenvalue weighted by Crippen LogP contribution is -2.23. The average molecular weight is 240 g/mol. The highest BCUT2D eigenvalue weighted by molar-refractivity contribution is 5.85. The standard InChI is InChI=1S/C10H21NO3.ClH/c1-10(2,3)14-9(12)7-5-4-6-8-13-11;/h4-8,11H2,1-3H3;1H. The van der Waals surface area contributed by atoms with Crippen LogP contribution in [0.25, 0.3) is 0 Å². The van der Waals surface area contributed by atoms with E-state index < -0.39 is 0 Å². The predicted molar refractivity (Wildman–Crippen MR) is 61.7 cm³/mol. The van der Waals surface area contributed by atoms with Crippen molar-refractivity contribution in [1.29, 1.82) is 0 Å². The van der Waals surface area contributed by atoms with Crippen LogP contribution < -0.4 is 5.90 Å². The largest absolute Gasteiger partial charge is 0.460 e. The molecule has 0 amide bonds. The zero-order valence-electron chi connectivity index (χ0n) is 9.75. The highest BCUT2D eigenvalue weighted by atomic mass is 35.5. The Labute approximate surface area is 97.9 Å². The monoisotopic (exact) mass is 239 g/mol. The van der Waals surface area contributed by atoms with Gasteiger partial charge in [-0.2, -0.15) is 0 Å². The van der Waals surface area contributed by atoms with Crippen LogP contribution in [0.5, 0.6) is 0 Å². The lowest BCUT2D eigenvalue weighted by atomic mass is 10.1. The molecular formula is C10H22ClNO3. The van der Waals surface area contributed by atoms with Gasteiger partial charge in [0, 0.05) is 6.42 Å². The lowest BCUT2D eigenvalue weighted by Gasteiger charge is -2.19. The fourth-order valence-corrected chi connectivity index (χ4v) is 1.02. The molecule has 92 valence electrons. The highest BCUT2D eigenvalue weighted by Gasteiger charge is 2.15. The molecule has 0 saturated heterocycles. The molecule has 2 N–H and O–H groups in total. The third-order valence-corrected chi connectivity index (χ3v) is 1.56. The minimum atomic E-state index is -0.378. The van der Waals surface area contributed by atoms with E-state index >= 15 is 0 Å². The summed E-state index contributed by atoms with van der Waals surface area (Å²) in [6.45, 7) is 6.15. The van der Waals surface area contributed by atoms with E-state index in [-0.39, 0.29) is 24.0 Å². The van der Waals surface area contributed by atoms with E-state index in [1.165, 1.54) is 0 Å². The summed E-state index contributed by atoms with van der Waals surface area (Å²) in [4.78, 5) is 15.6. The Kier molecular flexibility index (Phi) is 10.2. The van der Waals surface area contributed by atoms with Crippen LogP contribution in [-0.4, -0.2) is 18.2 Å². The Balaban J connectivity index is 0. The fourth-order valence-electron chi connectivity index (χ4n) is 1.02. The molecule has 0 aromatic carbocycles. The van der Waals surface area contributed by atoms with Crippen molar-refractivity contribution < 1.29 is 14.4 Å². The third-order valence-electron chi connectivity index (χ3n) is 1.56. The van der Waals surface area contributed by atoms with Gasteiger partial charge in [0.2, 0.25) is 0 Å². The lowest BCUT2D eigenvalue weighted by molar-refractivity contribution is -0.154. The Hall–Kier alpha value is -0.320. The van der Waals surface area contributed by atoms with E-state index in [0.717, 1.165) is 19.3 Å². The van der Waals surface area contributed by atoms with E-state index in [0.29, 0.717) is 13.0 Å². The van der Waals surface area contributed by atoms with Gasteiger partial charge in [0.05, 0.1) is 6.61 Å². The van der Waals surface area contributed by atoms with Gasteiger partial charge in [0.15, 0.2) is 0 Å². The zero-order valence-corrected chi connectivity index (χ0v) is 10.6. The van der Waals surface area contributed by atoms with Crippen molar-refractivity contribution >= 4 is 18.4 Å². The number of hydrogen-bond acceptors (Lipinski definition) is 4. The van der Waals surface area contributed by atoms with Crippen molar-refractivity contribution in [3.8, 4) is 0 Å². The Morgan fingerprint density at radius 1 is 1.20 bits per heavy atom. The van der Waals surface area contributed by atoms with Crippen molar-refractivity contribution in [2.45, 2.75) is 52.1 Å². The second-order valence-corrected chi connectivity index (χ2v) is 4.27. The molecule has 0 aliphatic rings. The molecule has 4 nitrogen and oxygen atoms in total. The van der Waals surface area contributed by atoms with E-state index in [2.05, 4.69) is 4.84 Å². The quantitative estimate of drug-likeness (QED) is 0.439. The number of hydrogen-bond donors (Lipinski definition) is 1. The van der Waals surface area contributed by atoms with Gasteiger partial charge >= 0.3 is 5.97 Å². The number of unbranched alkanes of at least 4 members (excludes halogenated alkanes) is 2. The number of ether oxygens (including phenoxy) is 1. The molecule has 0 aliphatic heterocycles. The molecule has 0 spiro atoms. The smallest absolute Gasteiger partial charge is 0.306 e. The van der Waals surface area contributed by atoms with Crippen molar-refractivity contribution in [2.75, 3.05) is 6.61 Å². The molecule has 0 radical (unpaired) electrons. The van der Waals surface area contributed by atoms with Gasteiger partial charge in [-0.05, 0) is 33.6 Å². The van der Waals surface area contributed by atoms with Gasteiger partial charge in [0.25, 0.3) is 0 Å². The number of esters is 1. The number of nitrogens with two attached hydrogens (primary N) is 1. The molecule has 0 aromatic rings. The van der Waals surface area contributed by atoms with Gasteiger partial charge in [-0.25, -0.2) is 5.90 Å². The van der Waals surface area contributed by atoms with Crippen molar-refractivity contribution in [3.05, 3.63) is 0 Å². The number of carbonyl (C=O) groups is 1. The molecule has 0 rings (SSSR count). The molecule has 0 atom stereocenters. The van der Waals surface area contributed by atoms with Crippen LogP contribution in [0, 0.1) is 0 Å². The van der Waals surface area contributed by atoms with Crippen molar-refractivity contribution in [2.24, 2.45) is 5.90 Å². The number of halogens is 1. The minimum Gasteiger partial charge on any atom is -0.460 e. The summed E-state index contributed by atoms with van der Waals surface area (Å²) in [5.41, 5.74) is -0.378. The SMILES string of the molecule is CC(C)(C)OC(=O)CCCCCON.Cl. The number of rotatable bonds is 6. The Morgan fingerprint density at radius 3 is 2.27 bits per heavy atom. The summed E-state index contributed by atoms with van der Waals surface area (Å²) < 4.78 is 5.15. The van der Waals surface area contributed by atoms with Crippen LogP contribution in [0.3, 0.4) is 0 Å². The van der Waals surface area contributed by atoms with Crippen LogP contribution >= 0.6 is 12.4 Å². The molecule has 5 heteroatoms. The van der Waals surface area contributed by atoms with Gasteiger partial charge < -0.3 is 9.57 Å². The minimum absolute atomic E-state index is 0. The van der Waals surface area contributed by atoms with E-state index in [4.69, 9.17) is 10.6 Å². The van der Waals surface area contributed by atoms with Gasteiger partial charge in [-0.1, -0.05) is 6.42 Å². The molecule has 0 aliphatic carbocycles. The molecule has 0 bridgehead atoms. The average Bonchev–Trinajstić information content (AvgIpc) is 2.00. The molecule has 0 aromatic heterocycles. The first-order valence-corrected chi connectivity index (χ1v) is 4.99. The first-order chi connectivity index (χ1) is 6.45. The summed E-state index contributed by atoms with van der Waals surface area (Å²) in [5.74, 6) is 4.73. The molecule has 0 saturated carbocycles. The normalized spacial score (nSPS) is 10.7. The third kappa shape index (κ3) is 13.7. The highest BCUT2D eigenvalue weighted by Crippen LogP contribution is 2.10. The van der Waals surface area contributed by atoms with E-state index in [1.807, 2.05) is 20.8 Å². The Morgan fingerprint density at radius 2 is 1.80 bits per heavy atom. The topological polar surface area (TPSA) is 61.5 Å². The summed E-state index contributed by atoms with van der Waals surface area (Å²) in [6.07, 6.45) is 3.13. The second kappa shape index (κ2) is 8.95.